The van der Waals surface area contributed by atoms with Crippen LogP contribution in [0.15, 0.2) is 53.5 Å². The molecule has 2 N–H and O–H groups in total. The Morgan fingerprint density at radius 3 is 2.58 bits per heavy atom. The van der Waals surface area contributed by atoms with E-state index in [1.54, 1.807) is 26.3 Å². The smallest absolute Gasteiger partial charge is 0.191 e. The van der Waals surface area contributed by atoms with Crippen LogP contribution in [0.4, 0.5) is 4.39 Å². The molecule has 0 aliphatic rings. The molecule has 0 bridgehead atoms. The Morgan fingerprint density at radius 2 is 1.88 bits per heavy atom. The van der Waals surface area contributed by atoms with E-state index in [0.717, 1.165) is 5.56 Å². The van der Waals surface area contributed by atoms with Gasteiger partial charge in [0, 0.05) is 13.6 Å². The maximum absolute atomic E-state index is 13.2. The zero-order valence-electron chi connectivity index (χ0n) is 15.5. The van der Waals surface area contributed by atoms with Crippen molar-refractivity contribution in [3.05, 3.63) is 59.9 Å². The molecule has 0 saturated heterocycles. The van der Waals surface area contributed by atoms with Crippen molar-refractivity contribution < 1.29 is 13.9 Å². The van der Waals surface area contributed by atoms with Crippen molar-refractivity contribution in [1.29, 1.82) is 0 Å². The fraction of sp³-hybridized carbons (Fsp3) is 0.350. The average molecular weight is 359 g/mol. The van der Waals surface area contributed by atoms with E-state index in [0.29, 0.717) is 37.0 Å². The number of ether oxygens (including phenoxy) is 2. The Balaban J connectivity index is 1.75. The molecule has 26 heavy (non-hydrogen) atoms. The number of nitrogens with one attached hydrogen (secondary N) is 2. The average Bonchev–Trinajstić information content (AvgIpc) is 2.65. The summed E-state index contributed by atoms with van der Waals surface area (Å²) in [5, 5.41) is 6.44. The van der Waals surface area contributed by atoms with Gasteiger partial charge in [0.1, 0.15) is 11.9 Å². The molecule has 0 heterocycles. The first-order valence-electron chi connectivity index (χ1n) is 8.61. The molecule has 1 atom stereocenters. The highest BCUT2D eigenvalue weighted by Gasteiger charge is 2.09. The summed E-state index contributed by atoms with van der Waals surface area (Å²) in [5.41, 5.74) is 0.945. The third-order valence-electron chi connectivity index (χ3n) is 3.77. The number of hydrogen-bond donors (Lipinski definition) is 2. The molecule has 6 heteroatoms. The molecular weight excluding hydrogens is 333 g/mol. The number of nitrogens with zero attached hydrogens (tertiary/aromatic N) is 1. The van der Waals surface area contributed by atoms with Crippen molar-refractivity contribution in [1.82, 2.24) is 10.6 Å². The van der Waals surface area contributed by atoms with Crippen molar-refractivity contribution in [2.45, 2.75) is 19.4 Å². The molecule has 0 saturated carbocycles. The van der Waals surface area contributed by atoms with Gasteiger partial charge in [-0.25, -0.2) is 4.39 Å². The highest BCUT2D eigenvalue weighted by Crippen LogP contribution is 2.26. The van der Waals surface area contributed by atoms with Crippen molar-refractivity contribution in [3.8, 4) is 11.5 Å². The Hall–Kier alpha value is -2.76. The summed E-state index contributed by atoms with van der Waals surface area (Å²) in [6, 6.07) is 14.2. The molecule has 0 aliphatic heterocycles. The predicted molar refractivity (Wildman–Crippen MR) is 103 cm³/mol. The number of halogens is 1. The topological polar surface area (TPSA) is 54.9 Å². The summed E-state index contributed by atoms with van der Waals surface area (Å²) in [5.74, 6) is 1.87. The molecule has 5 nitrogen and oxygen atoms in total. The third-order valence-corrected chi connectivity index (χ3v) is 3.77. The molecule has 0 radical (unpaired) electrons. The summed E-state index contributed by atoms with van der Waals surface area (Å²) in [6.07, 6.45) is 0.638. The second-order valence-electron chi connectivity index (χ2n) is 5.84. The van der Waals surface area contributed by atoms with E-state index in [9.17, 15) is 4.39 Å². The molecule has 0 spiro atoms. The molecular formula is C20H26FN3O2. The SMILES string of the molecule is CN=C(NCCc1cccc(F)c1)NCC(C)Oc1ccccc1OC. The van der Waals surface area contributed by atoms with Crippen molar-refractivity contribution in [2.75, 3.05) is 27.2 Å². The lowest BCUT2D eigenvalue weighted by molar-refractivity contribution is 0.213. The summed E-state index contributed by atoms with van der Waals surface area (Å²) in [4.78, 5) is 4.19. The monoisotopic (exact) mass is 359 g/mol. The minimum atomic E-state index is -0.215. The van der Waals surface area contributed by atoms with Gasteiger partial charge in [0.15, 0.2) is 17.5 Å². The number of hydrogen-bond acceptors (Lipinski definition) is 3. The van der Waals surface area contributed by atoms with Crippen LogP contribution in [-0.2, 0) is 6.42 Å². The number of para-hydroxylation sites is 2. The van der Waals surface area contributed by atoms with Gasteiger partial charge in [-0.15, -0.1) is 0 Å². The molecule has 0 fully saturated rings. The number of aliphatic imine (C=N–C) groups is 1. The zero-order chi connectivity index (χ0) is 18.8. The van der Waals surface area contributed by atoms with Crippen LogP contribution in [0.5, 0.6) is 11.5 Å². The van der Waals surface area contributed by atoms with Gasteiger partial charge >= 0.3 is 0 Å². The van der Waals surface area contributed by atoms with Crippen LogP contribution in [0.3, 0.4) is 0 Å². The normalized spacial score (nSPS) is 12.4. The highest BCUT2D eigenvalue weighted by atomic mass is 19.1. The second-order valence-corrected chi connectivity index (χ2v) is 5.84. The summed E-state index contributed by atoms with van der Waals surface area (Å²) < 4.78 is 24.4. The van der Waals surface area contributed by atoms with Crippen LogP contribution in [0.1, 0.15) is 12.5 Å². The Labute approximate surface area is 154 Å². The Kier molecular flexibility index (Phi) is 7.74. The van der Waals surface area contributed by atoms with E-state index in [2.05, 4.69) is 15.6 Å². The van der Waals surface area contributed by atoms with Crippen molar-refractivity contribution >= 4 is 5.96 Å². The fourth-order valence-corrected chi connectivity index (χ4v) is 2.45. The number of benzene rings is 2. The second kappa shape index (κ2) is 10.3. The fourth-order valence-electron chi connectivity index (χ4n) is 2.45. The summed E-state index contributed by atoms with van der Waals surface area (Å²) in [7, 11) is 3.33. The van der Waals surface area contributed by atoms with E-state index in [1.807, 2.05) is 37.3 Å². The molecule has 0 aliphatic carbocycles. The van der Waals surface area contributed by atoms with Gasteiger partial charge in [0.25, 0.3) is 0 Å². The van der Waals surface area contributed by atoms with Gasteiger partial charge in [-0.1, -0.05) is 24.3 Å². The maximum Gasteiger partial charge on any atom is 0.191 e. The van der Waals surface area contributed by atoms with Gasteiger partial charge in [0.2, 0.25) is 0 Å². The quantitative estimate of drug-likeness (QED) is 0.562. The van der Waals surface area contributed by atoms with Crippen LogP contribution in [0.2, 0.25) is 0 Å². The van der Waals surface area contributed by atoms with E-state index < -0.39 is 0 Å². The minimum absolute atomic E-state index is 0.0759. The molecule has 2 aromatic rings. The minimum Gasteiger partial charge on any atom is -0.493 e. The van der Waals surface area contributed by atoms with Crippen LogP contribution in [0.25, 0.3) is 0 Å². The molecule has 2 rings (SSSR count). The first-order chi connectivity index (χ1) is 12.6. The number of rotatable bonds is 8. The largest absolute Gasteiger partial charge is 0.493 e. The van der Waals surface area contributed by atoms with Gasteiger partial charge in [-0.3, -0.25) is 4.99 Å². The molecule has 0 amide bonds. The number of methoxy groups -OCH3 is 1. The number of guanidine groups is 1. The van der Waals surface area contributed by atoms with E-state index >= 15 is 0 Å². The molecule has 140 valence electrons. The molecule has 1 unspecified atom stereocenters. The standard InChI is InChI=1S/C20H26FN3O2/c1-15(26-19-10-5-4-9-18(19)25-3)14-24-20(22-2)23-12-11-16-7-6-8-17(21)13-16/h4-10,13,15H,11-12,14H2,1-3H3,(H2,22,23,24). The van der Waals surface area contributed by atoms with Gasteiger partial charge in [-0.2, -0.15) is 0 Å². The van der Waals surface area contributed by atoms with Crippen LogP contribution in [-0.4, -0.2) is 39.3 Å². The van der Waals surface area contributed by atoms with Crippen LogP contribution in [0, 0.1) is 5.82 Å². The van der Waals surface area contributed by atoms with Crippen LogP contribution < -0.4 is 20.1 Å². The van der Waals surface area contributed by atoms with Gasteiger partial charge < -0.3 is 20.1 Å². The zero-order valence-corrected chi connectivity index (χ0v) is 15.5. The lowest BCUT2D eigenvalue weighted by Crippen LogP contribution is -2.42. The molecule has 2 aromatic carbocycles. The van der Waals surface area contributed by atoms with Gasteiger partial charge in [-0.05, 0) is 43.2 Å². The first-order valence-corrected chi connectivity index (χ1v) is 8.61. The van der Waals surface area contributed by atoms with Gasteiger partial charge in [0.05, 0.1) is 13.7 Å². The maximum atomic E-state index is 13.2. The summed E-state index contributed by atoms with van der Waals surface area (Å²) >= 11 is 0. The molecule has 0 aromatic heterocycles. The Morgan fingerprint density at radius 1 is 1.12 bits per heavy atom. The Bertz CT molecular complexity index is 722. The third kappa shape index (κ3) is 6.27. The van der Waals surface area contributed by atoms with E-state index in [-0.39, 0.29) is 11.9 Å². The predicted octanol–water partition coefficient (Wildman–Crippen LogP) is 3.01. The van der Waals surface area contributed by atoms with E-state index in [4.69, 9.17) is 9.47 Å². The first kappa shape index (κ1) is 19.6. The van der Waals surface area contributed by atoms with Crippen LogP contribution >= 0.6 is 0 Å². The highest BCUT2D eigenvalue weighted by molar-refractivity contribution is 5.79. The lowest BCUT2D eigenvalue weighted by Gasteiger charge is -2.19. The van der Waals surface area contributed by atoms with E-state index in [1.165, 1.54) is 6.07 Å². The van der Waals surface area contributed by atoms with Crippen molar-refractivity contribution in [3.63, 3.8) is 0 Å². The van der Waals surface area contributed by atoms with Crippen molar-refractivity contribution in [2.24, 2.45) is 4.99 Å². The lowest BCUT2D eigenvalue weighted by atomic mass is 10.1. The summed E-state index contributed by atoms with van der Waals surface area (Å²) in [6.45, 7) is 3.21.